The Kier molecular flexibility index (Phi) is 2.70. The van der Waals surface area contributed by atoms with E-state index < -0.39 is 12.0 Å². The van der Waals surface area contributed by atoms with Crippen molar-refractivity contribution < 1.29 is 9.90 Å². The molecule has 0 radical (unpaired) electrons. The van der Waals surface area contributed by atoms with E-state index in [0.717, 1.165) is 12.1 Å². The van der Waals surface area contributed by atoms with Crippen LogP contribution < -0.4 is 11.1 Å². The number of carbonyl (C=O) groups excluding carboxylic acids is 1. The molecule has 0 aromatic heterocycles. The molecule has 0 unspecified atom stereocenters. The Morgan fingerprint density at radius 3 is 2.80 bits per heavy atom. The van der Waals surface area contributed by atoms with Crippen LogP contribution in [0, 0.1) is 0 Å². The van der Waals surface area contributed by atoms with Gasteiger partial charge in [-0.25, -0.2) is 0 Å². The fourth-order valence-electron chi connectivity index (χ4n) is 2.00. The Balaban J connectivity index is 2.38. The molecule has 0 spiro atoms. The average Bonchev–Trinajstić information content (AvgIpc) is 2.64. The maximum Gasteiger partial charge on any atom is 0.249 e. The standard InChI is InChI=1S/C11H14N2O2/c12-11(15)8-4-2-1-3-7(8)10-9(14)5-6-13-10/h1-4,9-10,13-14H,5-6H2,(H2,12,15)/t9-,10-/m0/s1. The van der Waals surface area contributed by atoms with Gasteiger partial charge in [0.25, 0.3) is 0 Å². The van der Waals surface area contributed by atoms with Gasteiger partial charge in [-0.15, -0.1) is 0 Å². The lowest BCUT2D eigenvalue weighted by molar-refractivity contribution is 0.0997. The molecule has 1 aromatic rings. The van der Waals surface area contributed by atoms with Crippen molar-refractivity contribution in [2.45, 2.75) is 18.6 Å². The number of nitrogens with two attached hydrogens (primary N) is 1. The summed E-state index contributed by atoms with van der Waals surface area (Å²) in [7, 11) is 0. The van der Waals surface area contributed by atoms with Crippen LogP contribution >= 0.6 is 0 Å². The highest BCUT2D eigenvalue weighted by Gasteiger charge is 2.28. The first-order valence-electron chi connectivity index (χ1n) is 5.00. The summed E-state index contributed by atoms with van der Waals surface area (Å²) in [5.41, 5.74) is 6.55. The fourth-order valence-corrected chi connectivity index (χ4v) is 2.00. The van der Waals surface area contributed by atoms with Crippen molar-refractivity contribution in [1.82, 2.24) is 5.32 Å². The fraction of sp³-hybridized carbons (Fsp3) is 0.364. The molecule has 2 atom stereocenters. The lowest BCUT2D eigenvalue weighted by Crippen LogP contribution is -2.25. The Morgan fingerprint density at radius 2 is 2.20 bits per heavy atom. The van der Waals surface area contributed by atoms with E-state index in [-0.39, 0.29) is 6.04 Å². The maximum atomic E-state index is 11.2. The Hall–Kier alpha value is -1.39. The number of aliphatic hydroxyl groups is 1. The molecule has 0 saturated carbocycles. The van der Waals surface area contributed by atoms with Crippen molar-refractivity contribution in [1.29, 1.82) is 0 Å². The minimum absolute atomic E-state index is 0.173. The maximum absolute atomic E-state index is 11.2. The van der Waals surface area contributed by atoms with E-state index in [0.29, 0.717) is 12.0 Å². The summed E-state index contributed by atoms with van der Waals surface area (Å²) in [5.74, 6) is -0.452. The number of rotatable bonds is 2. The van der Waals surface area contributed by atoms with Crippen molar-refractivity contribution >= 4 is 5.91 Å². The number of amides is 1. The first-order valence-corrected chi connectivity index (χ1v) is 5.00. The van der Waals surface area contributed by atoms with Gasteiger partial charge in [0.15, 0.2) is 0 Å². The topological polar surface area (TPSA) is 75.4 Å². The monoisotopic (exact) mass is 206 g/mol. The SMILES string of the molecule is NC(=O)c1ccccc1[C@@H]1NCC[C@@H]1O. The first-order chi connectivity index (χ1) is 7.20. The van der Waals surface area contributed by atoms with Crippen LogP contribution in [0.25, 0.3) is 0 Å². The Morgan fingerprint density at radius 1 is 1.47 bits per heavy atom. The molecule has 4 heteroatoms. The van der Waals surface area contributed by atoms with Crippen molar-refractivity contribution in [3.8, 4) is 0 Å². The summed E-state index contributed by atoms with van der Waals surface area (Å²) in [5, 5.41) is 12.9. The van der Waals surface area contributed by atoms with Crippen molar-refractivity contribution in [3.05, 3.63) is 35.4 Å². The molecule has 0 bridgehead atoms. The zero-order chi connectivity index (χ0) is 10.8. The molecule has 2 rings (SSSR count). The van der Waals surface area contributed by atoms with Crippen LogP contribution in [0.2, 0.25) is 0 Å². The normalized spacial score (nSPS) is 25.4. The number of primary amides is 1. The summed E-state index contributed by atoms with van der Waals surface area (Å²) in [4.78, 5) is 11.2. The third kappa shape index (κ3) is 1.86. The van der Waals surface area contributed by atoms with Crippen LogP contribution in [0.15, 0.2) is 24.3 Å². The summed E-state index contributed by atoms with van der Waals surface area (Å²) < 4.78 is 0. The number of nitrogens with one attached hydrogen (secondary N) is 1. The first kappa shape index (κ1) is 10.1. The minimum Gasteiger partial charge on any atom is -0.391 e. The molecule has 1 fully saturated rings. The van der Waals surface area contributed by atoms with Gasteiger partial charge in [-0.1, -0.05) is 18.2 Å². The highest BCUT2D eigenvalue weighted by atomic mass is 16.3. The highest BCUT2D eigenvalue weighted by molar-refractivity contribution is 5.94. The van der Waals surface area contributed by atoms with Gasteiger partial charge in [-0.2, -0.15) is 0 Å². The lowest BCUT2D eigenvalue weighted by Gasteiger charge is -2.17. The van der Waals surface area contributed by atoms with Gasteiger partial charge in [-0.3, -0.25) is 4.79 Å². The lowest BCUT2D eigenvalue weighted by atomic mass is 9.97. The molecule has 1 aliphatic heterocycles. The molecular formula is C11H14N2O2. The zero-order valence-corrected chi connectivity index (χ0v) is 8.31. The third-order valence-electron chi connectivity index (χ3n) is 2.75. The van der Waals surface area contributed by atoms with E-state index in [1.165, 1.54) is 0 Å². The van der Waals surface area contributed by atoms with E-state index in [4.69, 9.17) is 5.73 Å². The average molecular weight is 206 g/mol. The molecule has 1 aromatic carbocycles. The van der Waals surface area contributed by atoms with E-state index in [2.05, 4.69) is 5.32 Å². The predicted octanol–water partition coefficient (Wildman–Crippen LogP) is 0.181. The number of aliphatic hydroxyl groups excluding tert-OH is 1. The highest BCUT2D eigenvalue weighted by Crippen LogP contribution is 2.26. The molecular weight excluding hydrogens is 192 g/mol. The number of benzene rings is 1. The van der Waals surface area contributed by atoms with E-state index in [9.17, 15) is 9.90 Å². The molecule has 0 aliphatic carbocycles. The number of hydrogen-bond acceptors (Lipinski definition) is 3. The molecule has 1 heterocycles. The second-order valence-electron chi connectivity index (χ2n) is 3.74. The summed E-state index contributed by atoms with van der Waals surface area (Å²) in [6.07, 6.45) is 0.267. The van der Waals surface area contributed by atoms with Crippen molar-refractivity contribution in [3.63, 3.8) is 0 Å². The van der Waals surface area contributed by atoms with Crippen molar-refractivity contribution in [2.75, 3.05) is 6.54 Å². The van der Waals surface area contributed by atoms with Crippen LogP contribution in [-0.4, -0.2) is 23.7 Å². The second kappa shape index (κ2) is 4.00. The van der Waals surface area contributed by atoms with Crippen LogP contribution in [0.4, 0.5) is 0 Å². The van der Waals surface area contributed by atoms with Crippen LogP contribution in [0.3, 0.4) is 0 Å². The Labute approximate surface area is 88.1 Å². The van der Waals surface area contributed by atoms with Gasteiger partial charge in [0.1, 0.15) is 0 Å². The summed E-state index contributed by atoms with van der Waals surface area (Å²) in [6, 6.07) is 6.95. The van der Waals surface area contributed by atoms with Crippen LogP contribution in [0.1, 0.15) is 28.4 Å². The zero-order valence-electron chi connectivity index (χ0n) is 8.31. The van der Waals surface area contributed by atoms with Gasteiger partial charge in [0, 0.05) is 5.56 Å². The minimum atomic E-state index is -0.452. The number of hydrogen-bond donors (Lipinski definition) is 3. The van der Waals surface area contributed by atoms with E-state index in [1.54, 1.807) is 12.1 Å². The van der Waals surface area contributed by atoms with Crippen LogP contribution in [-0.2, 0) is 0 Å². The third-order valence-corrected chi connectivity index (χ3v) is 2.75. The quantitative estimate of drug-likeness (QED) is 0.646. The Bertz CT molecular complexity index is 379. The molecule has 1 aliphatic rings. The van der Waals surface area contributed by atoms with Crippen LogP contribution in [0.5, 0.6) is 0 Å². The molecule has 4 N–H and O–H groups in total. The molecule has 4 nitrogen and oxygen atoms in total. The molecule has 1 saturated heterocycles. The molecule has 80 valence electrons. The van der Waals surface area contributed by atoms with Gasteiger partial charge in [0.05, 0.1) is 12.1 Å². The smallest absolute Gasteiger partial charge is 0.249 e. The van der Waals surface area contributed by atoms with E-state index in [1.807, 2.05) is 12.1 Å². The van der Waals surface area contributed by atoms with Gasteiger partial charge in [0.2, 0.25) is 5.91 Å². The largest absolute Gasteiger partial charge is 0.391 e. The van der Waals surface area contributed by atoms with Crippen molar-refractivity contribution in [2.24, 2.45) is 5.73 Å². The van der Waals surface area contributed by atoms with Gasteiger partial charge in [-0.05, 0) is 24.6 Å². The van der Waals surface area contributed by atoms with Gasteiger partial charge < -0.3 is 16.2 Å². The number of carbonyl (C=O) groups is 1. The second-order valence-corrected chi connectivity index (χ2v) is 3.74. The summed E-state index contributed by atoms with van der Waals surface area (Å²) in [6.45, 7) is 0.763. The molecule has 15 heavy (non-hydrogen) atoms. The van der Waals surface area contributed by atoms with Gasteiger partial charge >= 0.3 is 0 Å². The summed E-state index contributed by atoms with van der Waals surface area (Å²) >= 11 is 0. The van der Waals surface area contributed by atoms with E-state index >= 15 is 0 Å². The molecule has 1 amide bonds. The predicted molar refractivity (Wildman–Crippen MR) is 56.3 cm³/mol.